The number of nitrogens with zero attached hydrogens (tertiary/aromatic N) is 2. The third kappa shape index (κ3) is 3.19. The first kappa shape index (κ1) is 12.3. The molecule has 2 aliphatic rings. The normalized spacial score (nSPS) is 30.0. The Morgan fingerprint density at radius 1 is 1.25 bits per heavy atom. The molecular weight excluding hydrogens is 200 g/mol. The van der Waals surface area contributed by atoms with Crippen molar-refractivity contribution < 1.29 is 4.74 Å². The van der Waals surface area contributed by atoms with E-state index >= 15 is 0 Å². The van der Waals surface area contributed by atoms with Crippen LogP contribution in [0.4, 0.5) is 0 Å². The first-order valence-electron chi connectivity index (χ1n) is 6.75. The summed E-state index contributed by atoms with van der Waals surface area (Å²) >= 11 is 0. The monoisotopic (exact) mass is 226 g/mol. The maximum absolute atomic E-state index is 5.21. The van der Waals surface area contributed by atoms with Crippen LogP contribution >= 0.6 is 0 Å². The number of rotatable bonds is 4. The summed E-state index contributed by atoms with van der Waals surface area (Å²) in [6, 6.07) is 0.845. The molecule has 2 saturated heterocycles. The molecule has 0 amide bonds. The molecule has 2 rings (SSSR count). The lowest BCUT2D eigenvalue weighted by Crippen LogP contribution is -2.55. The van der Waals surface area contributed by atoms with E-state index in [-0.39, 0.29) is 0 Å². The molecule has 0 aromatic carbocycles. The molecule has 0 radical (unpaired) electrons. The van der Waals surface area contributed by atoms with Crippen LogP contribution in [-0.2, 0) is 4.74 Å². The number of piperidine rings is 1. The van der Waals surface area contributed by atoms with Crippen LogP contribution in [0, 0.1) is 5.92 Å². The number of hydrogen-bond acceptors (Lipinski definition) is 3. The second-order valence-corrected chi connectivity index (χ2v) is 5.51. The number of methoxy groups -OCH3 is 1. The smallest absolute Gasteiger partial charge is 0.0500 e. The molecule has 16 heavy (non-hydrogen) atoms. The summed E-state index contributed by atoms with van der Waals surface area (Å²) in [6.45, 7) is 9.55. The van der Waals surface area contributed by atoms with E-state index in [1.165, 1.54) is 52.0 Å². The Labute approximate surface area is 99.7 Å². The minimum atomic E-state index is 0.667. The zero-order valence-corrected chi connectivity index (χ0v) is 10.8. The minimum absolute atomic E-state index is 0.667. The first-order valence-corrected chi connectivity index (χ1v) is 6.75. The number of hydrogen-bond donors (Lipinski definition) is 0. The van der Waals surface area contributed by atoms with E-state index in [0.717, 1.165) is 12.6 Å². The number of piperazine rings is 1. The summed E-state index contributed by atoms with van der Waals surface area (Å²) < 4.78 is 5.21. The lowest BCUT2D eigenvalue weighted by atomic mass is 9.99. The molecule has 0 saturated carbocycles. The second kappa shape index (κ2) is 5.99. The maximum atomic E-state index is 5.21. The predicted molar refractivity (Wildman–Crippen MR) is 66.7 cm³/mol. The summed E-state index contributed by atoms with van der Waals surface area (Å²) in [5.74, 6) is 0.667. The number of ether oxygens (including phenoxy) is 1. The van der Waals surface area contributed by atoms with E-state index < -0.39 is 0 Å². The quantitative estimate of drug-likeness (QED) is 0.721. The van der Waals surface area contributed by atoms with Crippen molar-refractivity contribution in [2.24, 2.45) is 5.92 Å². The van der Waals surface area contributed by atoms with Gasteiger partial charge in [-0.3, -0.25) is 4.90 Å². The van der Waals surface area contributed by atoms with Gasteiger partial charge in [0.1, 0.15) is 0 Å². The Kier molecular flexibility index (Phi) is 4.62. The molecule has 0 bridgehead atoms. The molecule has 2 heterocycles. The van der Waals surface area contributed by atoms with Crippen LogP contribution in [0.3, 0.4) is 0 Å². The Balaban J connectivity index is 1.76. The second-order valence-electron chi connectivity index (χ2n) is 5.51. The van der Waals surface area contributed by atoms with E-state index in [2.05, 4.69) is 16.7 Å². The van der Waals surface area contributed by atoms with Crippen molar-refractivity contribution in [1.82, 2.24) is 9.80 Å². The first-order chi connectivity index (χ1) is 7.79. The molecule has 3 nitrogen and oxygen atoms in total. The molecule has 94 valence electrons. The van der Waals surface area contributed by atoms with Gasteiger partial charge in [-0.2, -0.15) is 0 Å². The average molecular weight is 226 g/mol. The van der Waals surface area contributed by atoms with Crippen molar-refractivity contribution >= 4 is 0 Å². The molecule has 3 heteroatoms. The van der Waals surface area contributed by atoms with Crippen molar-refractivity contribution in [3.8, 4) is 0 Å². The van der Waals surface area contributed by atoms with Crippen LogP contribution < -0.4 is 0 Å². The van der Waals surface area contributed by atoms with Gasteiger partial charge in [0.05, 0.1) is 0 Å². The third-order valence-electron chi connectivity index (χ3n) is 3.94. The van der Waals surface area contributed by atoms with Gasteiger partial charge in [0, 0.05) is 45.9 Å². The van der Waals surface area contributed by atoms with E-state index in [0.29, 0.717) is 5.92 Å². The van der Waals surface area contributed by atoms with E-state index in [4.69, 9.17) is 4.74 Å². The molecule has 2 aliphatic heterocycles. The molecular formula is C13H26N2O. The van der Waals surface area contributed by atoms with Crippen LogP contribution in [0.1, 0.15) is 26.2 Å². The Bertz CT molecular complexity index is 210. The molecule has 0 N–H and O–H groups in total. The zero-order valence-electron chi connectivity index (χ0n) is 10.8. The highest BCUT2D eigenvalue weighted by Crippen LogP contribution is 2.21. The predicted octanol–water partition coefficient (Wildman–Crippen LogP) is 1.44. The topological polar surface area (TPSA) is 15.7 Å². The van der Waals surface area contributed by atoms with Gasteiger partial charge in [-0.25, -0.2) is 0 Å². The molecule has 0 aromatic heterocycles. The molecule has 2 atom stereocenters. The van der Waals surface area contributed by atoms with E-state index in [9.17, 15) is 0 Å². The van der Waals surface area contributed by atoms with E-state index in [1.54, 1.807) is 7.11 Å². The van der Waals surface area contributed by atoms with Crippen molar-refractivity contribution in [3.63, 3.8) is 0 Å². The lowest BCUT2D eigenvalue weighted by Gasteiger charge is -2.44. The standard InChI is InChI=1S/C13H26N2O/c1-12(11-16-2)9-14-7-8-15-6-4-3-5-13(15)10-14/h12-13H,3-11H2,1-2H3. The highest BCUT2D eigenvalue weighted by atomic mass is 16.5. The molecule has 2 fully saturated rings. The SMILES string of the molecule is COCC(C)CN1CCN2CCCCC2C1. The Morgan fingerprint density at radius 2 is 2.12 bits per heavy atom. The molecule has 2 unspecified atom stereocenters. The van der Waals surface area contributed by atoms with Crippen LogP contribution in [-0.4, -0.2) is 62.3 Å². The van der Waals surface area contributed by atoms with Crippen LogP contribution in [0.5, 0.6) is 0 Å². The summed E-state index contributed by atoms with van der Waals surface area (Å²) in [4.78, 5) is 5.33. The minimum Gasteiger partial charge on any atom is -0.384 e. The average Bonchev–Trinajstić information content (AvgIpc) is 2.29. The fourth-order valence-corrected chi connectivity index (χ4v) is 3.16. The highest BCUT2D eigenvalue weighted by Gasteiger charge is 2.28. The van der Waals surface area contributed by atoms with Gasteiger partial charge >= 0.3 is 0 Å². The van der Waals surface area contributed by atoms with Crippen LogP contribution in [0.15, 0.2) is 0 Å². The van der Waals surface area contributed by atoms with E-state index in [1.807, 2.05) is 0 Å². The number of fused-ring (bicyclic) bond motifs is 1. The third-order valence-corrected chi connectivity index (χ3v) is 3.94. The van der Waals surface area contributed by atoms with Crippen molar-refractivity contribution in [2.45, 2.75) is 32.2 Å². The summed E-state index contributed by atoms with van der Waals surface area (Å²) in [7, 11) is 1.80. The van der Waals surface area contributed by atoms with Gasteiger partial charge < -0.3 is 9.64 Å². The van der Waals surface area contributed by atoms with Gasteiger partial charge in [-0.05, 0) is 25.3 Å². The zero-order chi connectivity index (χ0) is 11.4. The summed E-state index contributed by atoms with van der Waals surface area (Å²) in [6.07, 6.45) is 4.26. The maximum Gasteiger partial charge on any atom is 0.0500 e. The Hall–Kier alpha value is -0.120. The highest BCUT2D eigenvalue weighted by molar-refractivity contribution is 4.85. The summed E-state index contributed by atoms with van der Waals surface area (Å²) in [5.41, 5.74) is 0. The molecule has 0 spiro atoms. The van der Waals surface area contributed by atoms with Gasteiger partial charge in [0.2, 0.25) is 0 Å². The van der Waals surface area contributed by atoms with Gasteiger partial charge in [-0.1, -0.05) is 13.3 Å². The van der Waals surface area contributed by atoms with Crippen molar-refractivity contribution in [2.75, 3.05) is 46.4 Å². The van der Waals surface area contributed by atoms with Crippen LogP contribution in [0.25, 0.3) is 0 Å². The van der Waals surface area contributed by atoms with Gasteiger partial charge in [0.15, 0.2) is 0 Å². The fraction of sp³-hybridized carbons (Fsp3) is 1.00. The van der Waals surface area contributed by atoms with Crippen molar-refractivity contribution in [1.29, 1.82) is 0 Å². The largest absolute Gasteiger partial charge is 0.384 e. The fourth-order valence-electron chi connectivity index (χ4n) is 3.16. The Morgan fingerprint density at radius 3 is 2.94 bits per heavy atom. The van der Waals surface area contributed by atoms with Crippen LogP contribution in [0.2, 0.25) is 0 Å². The summed E-state index contributed by atoms with van der Waals surface area (Å²) in [5, 5.41) is 0. The van der Waals surface area contributed by atoms with Gasteiger partial charge in [-0.15, -0.1) is 0 Å². The van der Waals surface area contributed by atoms with Gasteiger partial charge in [0.25, 0.3) is 0 Å². The molecule has 0 aromatic rings. The lowest BCUT2D eigenvalue weighted by molar-refractivity contribution is 0.0346. The molecule has 0 aliphatic carbocycles. The van der Waals surface area contributed by atoms with Crippen molar-refractivity contribution in [3.05, 3.63) is 0 Å².